The maximum absolute atomic E-state index is 13.2. The lowest BCUT2D eigenvalue weighted by Crippen LogP contribution is -2.34. The number of thiophene rings is 1. The Bertz CT molecular complexity index is 1190. The SMILES string of the molecule is Cc1ccc(Cn2cnc3sc4c(c3c2=O)CCC(NCc2ccon2)C4)cc1. The molecule has 0 fully saturated rings. The van der Waals surface area contributed by atoms with Crippen molar-refractivity contribution in [2.24, 2.45) is 0 Å². The summed E-state index contributed by atoms with van der Waals surface area (Å²) in [4.78, 5) is 19.9. The molecule has 3 aromatic heterocycles. The van der Waals surface area contributed by atoms with Crippen LogP contribution in [0.5, 0.6) is 0 Å². The number of benzene rings is 1. The van der Waals surface area contributed by atoms with E-state index in [0.29, 0.717) is 19.1 Å². The van der Waals surface area contributed by atoms with Gasteiger partial charge in [-0.2, -0.15) is 0 Å². The Labute approximate surface area is 172 Å². The quantitative estimate of drug-likeness (QED) is 0.550. The summed E-state index contributed by atoms with van der Waals surface area (Å²) in [6.07, 6.45) is 6.11. The van der Waals surface area contributed by atoms with Crippen molar-refractivity contribution in [2.75, 3.05) is 0 Å². The number of fused-ring (bicyclic) bond motifs is 3. The average molecular weight is 407 g/mol. The smallest absolute Gasteiger partial charge is 0.262 e. The van der Waals surface area contributed by atoms with Gasteiger partial charge in [-0.1, -0.05) is 35.0 Å². The van der Waals surface area contributed by atoms with Crippen molar-refractivity contribution in [3.8, 4) is 0 Å². The number of hydrogen-bond donors (Lipinski definition) is 1. The van der Waals surface area contributed by atoms with Crippen molar-refractivity contribution in [3.63, 3.8) is 0 Å². The zero-order valence-corrected chi connectivity index (χ0v) is 17.0. The lowest BCUT2D eigenvalue weighted by Gasteiger charge is -2.23. The highest BCUT2D eigenvalue weighted by molar-refractivity contribution is 7.18. The van der Waals surface area contributed by atoms with Gasteiger partial charge in [-0.05, 0) is 37.3 Å². The first-order valence-corrected chi connectivity index (χ1v) is 10.7. The zero-order valence-electron chi connectivity index (χ0n) is 16.2. The minimum absolute atomic E-state index is 0.0714. The summed E-state index contributed by atoms with van der Waals surface area (Å²) in [6.45, 7) is 3.31. The molecule has 3 heterocycles. The van der Waals surface area contributed by atoms with Gasteiger partial charge in [0, 0.05) is 23.5 Å². The fourth-order valence-electron chi connectivity index (χ4n) is 3.96. The number of nitrogens with one attached hydrogen (secondary N) is 1. The van der Waals surface area contributed by atoms with Crippen LogP contribution in [0.25, 0.3) is 10.2 Å². The molecule has 29 heavy (non-hydrogen) atoms. The molecule has 6 nitrogen and oxygen atoms in total. The first-order chi connectivity index (χ1) is 14.2. The van der Waals surface area contributed by atoms with Crippen LogP contribution in [0.4, 0.5) is 0 Å². The van der Waals surface area contributed by atoms with Gasteiger partial charge in [0.15, 0.2) is 0 Å². The van der Waals surface area contributed by atoms with E-state index in [1.54, 1.807) is 28.5 Å². The largest absolute Gasteiger partial charge is 0.364 e. The monoisotopic (exact) mass is 406 g/mol. The van der Waals surface area contributed by atoms with E-state index in [1.807, 2.05) is 6.07 Å². The molecule has 0 aliphatic heterocycles. The van der Waals surface area contributed by atoms with Gasteiger partial charge in [0.1, 0.15) is 11.1 Å². The molecule has 4 aromatic rings. The molecule has 0 bridgehead atoms. The molecule has 148 valence electrons. The van der Waals surface area contributed by atoms with Crippen LogP contribution < -0.4 is 10.9 Å². The molecule has 1 aliphatic carbocycles. The minimum atomic E-state index is 0.0714. The van der Waals surface area contributed by atoms with Gasteiger partial charge in [0.25, 0.3) is 5.56 Å². The highest BCUT2D eigenvalue weighted by Crippen LogP contribution is 2.33. The Morgan fingerprint density at radius 1 is 1.28 bits per heavy atom. The van der Waals surface area contributed by atoms with Gasteiger partial charge in [0.05, 0.1) is 24.0 Å². The molecule has 0 saturated heterocycles. The number of rotatable bonds is 5. The van der Waals surface area contributed by atoms with E-state index in [9.17, 15) is 4.79 Å². The standard InChI is InChI=1S/C22H22N4O2S/c1-14-2-4-15(5-3-14)12-26-13-24-21-20(22(26)27)18-7-6-16(10-19(18)29-21)23-11-17-8-9-28-25-17/h2-5,8-9,13,16,23H,6-7,10-12H2,1H3. The maximum Gasteiger partial charge on any atom is 0.262 e. The van der Waals surface area contributed by atoms with Gasteiger partial charge in [-0.25, -0.2) is 4.98 Å². The number of hydrogen-bond acceptors (Lipinski definition) is 6. The molecular formula is C22H22N4O2S. The minimum Gasteiger partial charge on any atom is -0.364 e. The van der Waals surface area contributed by atoms with E-state index in [2.05, 4.69) is 46.6 Å². The van der Waals surface area contributed by atoms with Crippen LogP contribution in [0, 0.1) is 6.92 Å². The number of aromatic nitrogens is 3. The molecule has 0 radical (unpaired) electrons. The molecule has 1 aliphatic rings. The van der Waals surface area contributed by atoms with Gasteiger partial charge in [0.2, 0.25) is 0 Å². The van der Waals surface area contributed by atoms with E-state index in [1.165, 1.54) is 16.0 Å². The van der Waals surface area contributed by atoms with E-state index < -0.39 is 0 Å². The molecule has 0 amide bonds. The van der Waals surface area contributed by atoms with Gasteiger partial charge in [-0.3, -0.25) is 9.36 Å². The Morgan fingerprint density at radius 3 is 2.93 bits per heavy atom. The molecule has 1 atom stereocenters. The Balaban J connectivity index is 1.39. The molecule has 0 saturated carbocycles. The third-order valence-corrected chi connectivity index (χ3v) is 6.73. The van der Waals surface area contributed by atoms with Gasteiger partial charge in [-0.15, -0.1) is 11.3 Å². The van der Waals surface area contributed by atoms with Gasteiger partial charge >= 0.3 is 0 Å². The highest BCUT2D eigenvalue weighted by atomic mass is 32.1. The van der Waals surface area contributed by atoms with Gasteiger partial charge < -0.3 is 9.84 Å². The third-order valence-electron chi connectivity index (χ3n) is 5.57. The van der Waals surface area contributed by atoms with E-state index in [4.69, 9.17) is 4.52 Å². The normalized spacial score (nSPS) is 16.2. The van der Waals surface area contributed by atoms with Crippen molar-refractivity contribution in [1.82, 2.24) is 20.0 Å². The van der Waals surface area contributed by atoms with Crippen LogP contribution >= 0.6 is 11.3 Å². The second kappa shape index (κ2) is 7.57. The summed E-state index contributed by atoms with van der Waals surface area (Å²) in [5.41, 5.74) is 4.50. The Morgan fingerprint density at radius 2 is 2.14 bits per heavy atom. The van der Waals surface area contributed by atoms with Crippen molar-refractivity contribution >= 4 is 21.6 Å². The van der Waals surface area contributed by atoms with Crippen molar-refractivity contribution < 1.29 is 4.52 Å². The average Bonchev–Trinajstić information content (AvgIpc) is 3.37. The zero-order chi connectivity index (χ0) is 19.8. The molecule has 1 N–H and O–H groups in total. The first kappa shape index (κ1) is 18.3. The molecular weight excluding hydrogens is 384 g/mol. The lowest BCUT2D eigenvalue weighted by molar-refractivity contribution is 0.399. The van der Waals surface area contributed by atoms with Crippen molar-refractivity contribution in [1.29, 1.82) is 0 Å². The van der Waals surface area contributed by atoms with E-state index >= 15 is 0 Å². The fraction of sp³-hybridized carbons (Fsp3) is 0.318. The molecule has 1 aromatic carbocycles. The molecule has 5 rings (SSSR count). The molecule has 1 unspecified atom stereocenters. The third kappa shape index (κ3) is 3.63. The van der Waals surface area contributed by atoms with Crippen LogP contribution in [-0.4, -0.2) is 20.7 Å². The van der Waals surface area contributed by atoms with Crippen LogP contribution in [0.3, 0.4) is 0 Å². The second-order valence-electron chi connectivity index (χ2n) is 7.66. The van der Waals surface area contributed by atoms with Crippen molar-refractivity contribution in [3.05, 3.63) is 80.5 Å². The predicted octanol–water partition coefficient (Wildman–Crippen LogP) is 3.45. The lowest BCUT2D eigenvalue weighted by atomic mass is 9.93. The van der Waals surface area contributed by atoms with Crippen LogP contribution in [0.15, 0.2) is 52.2 Å². The van der Waals surface area contributed by atoms with E-state index in [0.717, 1.165) is 40.7 Å². The molecule has 0 spiro atoms. The summed E-state index contributed by atoms with van der Waals surface area (Å²) in [6, 6.07) is 10.5. The first-order valence-electron chi connectivity index (χ1n) is 9.85. The summed E-state index contributed by atoms with van der Waals surface area (Å²) >= 11 is 1.66. The number of nitrogens with zero attached hydrogens (tertiary/aromatic N) is 3. The van der Waals surface area contributed by atoms with Crippen molar-refractivity contribution in [2.45, 2.75) is 45.3 Å². The topological polar surface area (TPSA) is 73.0 Å². The number of aryl methyl sites for hydroxylation is 2. The maximum atomic E-state index is 13.2. The summed E-state index contributed by atoms with van der Waals surface area (Å²) in [5.74, 6) is 0. The van der Waals surface area contributed by atoms with Crippen LogP contribution in [0.2, 0.25) is 0 Å². The second-order valence-corrected chi connectivity index (χ2v) is 8.74. The Hall–Kier alpha value is -2.77. The van der Waals surface area contributed by atoms with E-state index in [-0.39, 0.29) is 5.56 Å². The summed E-state index contributed by atoms with van der Waals surface area (Å²) in [5, 5.41) is 8.32. The van der Waals surface area contributed by atoms with Crippen LogP contribution in [0.1, 0.15) is 33.7 Å². The predicted molar refractivity (Wildman–Crippen MR) is 113 cm³/mol. The fourth-order valence-corrected chi connectivity index (χ4v) is 5.21. The Kier molecular flexibility index (Phi) is 4.77. The summed E-state index contributed by atoms with van der Waals surface area (Å²) in [7, 11) is 0. The van der Waals surface area contributed by atoms with Crippen LogP contribution in [-0.2, 0) is 25.9 Å². The molecule has 7 heteroatoms. The summed E-state index contributed by atoms with van der Waals surface area (Å²) < 4.78 is 6.62. The highest BCUT2D eigenvalue weighted by Gasteiger charge is 2.25.